The first-order valence-corrected chi connectivity index (χ1v) is 9.60. The molecule has 0 aliphatic carbocycles. The molecule has 2 rings (SSSR count). The zero-order chi connectivity index (χ0) is 16.2. The third-order valence-electron chi connectivity index (χ3n) is 3.73. The minimum atomic E-state index is -2.93. The quantitative estimate of drug-likeness (QED) is 0.639. The van der Waals surface area contributed by atoms with Gasteiger partial charge in [-0.05, 0) is 30.6 Å². The fourth-order valence-electron chi connectivity index (χ4n) is 2.68. The van der Waals surface area contributed by atoms with Crippen LogP contribution in [0, 0.1) is 0 Å². The first-order valence-electron chi connectivity index (χ1n) is 7.38. The van der Waals surface area contributed by atoms with E-state index in [2.05, 4.69) is 17.4 Å². The van der Waals surface area contributed by atoms with Crippen LogP contribution < -0.4 is 5.32 Å². The van der Waals surface area contributed by atoms with E-state index in [0.717, 1.165) is 13.0 Å². The SMILES string of the molecule is CN(C)N(C(=S)NCCc1ccccc1)[C@H]1CCS(=O)(=O)C1. The molecule has 0 unspecified atom stereocenters. The molecule has 1 atom stereocenters. The minimum absolute atomic E-state index is 0.0725. The lowest BCUT2D eigenvalue weighted by molar-refractivity contribution is 0.0714. The van der Waals surface area contributed by atoms with Gasteiger partial charge >= 0.3 is 0 Å². The molecule has 1 aliphatic rings. The van der Waals surface area contributed by atoms with Gasteiger partial charge in [-0.25, -0.2) is 13.4 Å². The summed E-state index contributed by atoms with van der Waals surface area (Å²) in [6.07, 6.45) is 1.51. The highest BCUT2D eigenvalue weighted by atomic mass is 32.2. The summed E-state index contributed by atoms with van der Waals surface area (Å²) in [5, 5.41) is 7.57. The molecule has 1 aliphatic heterocycles. The summed E-state index contributed by atoms with van der Waals surface area (Å²) in [7, 11) is 0.843. The van der Waals surface area contributed by atoms with E-state index in [0.29, 0.717) is 11.5 Å². The van der Waals surface area contributed by atoms with Crippen LogP contribution in [-0.4, -0.2) is 61.7 Å². The molecule has 0 aromatic heterocycles. The Labute approximate surface area is 138 Å². The van der Waals surface area contributed by atoms with Gasteiger partial charge < -0.3 is 5.32 Å². The Hall–Kier alpha value is -1.18. The molecule has 0 amide bonds. The van der Waals surface area contributed by atoms with Gasteiger partial charge in [-0.1, -0.05) is 30.3 Å². The van der Waals surface area contributed by atoms with Crippen molar-refractivity contribution < 1.29 is 8.42 Å². The second-order valence-corrected chi connectivity index (χ2v) is 8.33. The Balaban J connectivity index is 1.90. The van der Waals surface area contributed by atoms with E-state index in [1.54, 1.807) is 0 Å². The smallest absolute Gasteiger partial charge is 0.183 e. The van der Waals surface area contributed by atoms with Crippen molar-refractivity contribution in [2.24, 2.45) is 0 Å². The maximum Gasteiger partial charge on any atom is 0.183 e. The number of hydrogen-bond acceptors (Lipinski definition) is 4. The molecular weight excluding hydrogens is 318 g/mol. The average Bonchev–Trinajstić information content (AvgIpc) is 2.79. The van der Waals surface area contributed by atoms with Crippen molar-refractivity contribution in [1.82, 2.24) is 15.3 Å². The highest BCUT2D eigenvalue weighted by Crippen LogP contribution is 2.18. The van der Waals surface area contributed by atoms with Gasteiger partial charge in [-0.2, -0.15) is 0 Å². The van der Waals surface area contributed by atoms with E-state index in [1.807, 2.05) is 42.3 Å². The summed E-state index contributed by atoms with van der Waals surface area (Å²) in [6.45, 7) is 0.729. The monoisotopic (exact) mass is 341 g/mol. The van der Waals surface area contributed by atoms with Crippen molar-refractivity contribution in [3.8, 4) is 0 Å². The van der Waals surface area contributed by atoms with Gasteiger partial charge in [-0.15, -0.1) is 0 Å². The molecule has 1 N–H and O–H groups in total. The number of hydrogen-bond donors (Lipinski definition) is 1. The summed E-state index contributed by atoms with van der Waals surface area (Å²) in [4.78, 5) is 0. The van der Waals surface area contributed by atoms with Gasteiger partial charge in [0.25, 0.3) is 0 Å². The fraction of sp³-hybridized carbons (Fsp3) is 0.533. The second-order valence-electron chi connectivity index (χ2n) is 5.72. The van der Waals surface area contributed by atoms with Crippen LogP contribution in [0.3, 0.4) is 0 Å². The Morgan fingerprint density at radius 2 is 2.00 bits per heavy atom. The Kier molecular flexibility index (Phi) is 5.77. The molecular formula is C15H23N3O2S2. The predicted molar refractivity (Wildman–Crippen MR) is 93.3 cm³/mol. The van der Waals surface area contributed by atoms with E-state index in [4.69, 9.17) is 12.2 Å². The van der Waals surface area contributed by atoms with E-state index in [-0.39, 0.29) is 17.5 Å². The number of hydrazine groups is 1. The zero-order valence-electron chi connectivity index (χ0n) is 13.0. The highest BCUT2D eigenvalue weighted by molar-refractivity contribution is 7.91. The van der Waals surface area contributed by atoms with Crippen molar-refractivity contribution in [3.63, 3.8) is 0 Å². The first-order chi connectivity index (χ1) is 10.4. The summed E-state index contributed by atoms with van der Waals surface area (Å²) >= 11 is 5.46. The van der Waals surface area contributed by atoms with Gasteiger partial charge in [-0.3, -0.25) is 5.01 Å². The number of thiocarbonyl (C=S) groups is 1. The number of nitrogens with zero attached hydrogens (tertiary/aromatic N) is 2. The molecule has 0 saturated carbocycles. The Morgan fingerprint density at radius 3 is 2.55 bits per heavy atom. The maximum atomic E-state index is 11.7. The molecule has 1 saturated heterocycles. The van der Waals surface area contributed by atoms with Crippen LogP contribution in [0.25, 0.3) is 0 Å². The molecule has 0 bridgehead atoms. The van der Waals surface area contributed by atoms with Crippen LogP contribution in [0.4, 0.5) is 0 Å². The molecule has 7 heteroatoms. The normalized spacial score (nSPS) is 20.0. The maximum absolute atomic E-state index is 11.7. The van der Waals surface area contributed by atoms with Crippen molar-refractivity contribution in [2.75, 3.05) is 32.1 Å². The topological polar surface area (TPSA) is 52.6 Å². The fourth-order valence-corrected chi connectivity index (χ4v) is 4.79. The summed E-state index contributed by atoms with van der Waals surface area (Å²) < 4.78 is 23.4. The van der Waals surface area contributed by atoms with E-state index in [9.17, 15) is 8.42 Å². The molecule has 1 aromatic carbocycles. The molecule has 22 heavy (non-hydrogen) atoms. The van der Waals surface area contributed by atoms with Crippen LogP contribution in [0.5, 0.6) is 0 Å². The van der Waals surface area contributed by atoms with Crippen LogP contribution in [-0.2, 0) is 16.3 Å². The lowest BCUT2D eigenvalue weighted by Gasteiger charge is -2.36. The standard InChI is InChI=1S/C15H23N3O2S2/c1-17(2)18(14-9-11-22(19,20)12-14)15(21)16-10-8-13-6-4-3-5-7-13/h3-7,14H,8-12H2,1-2H3,(H,16,21)/t14-/m0/s1. The van der Waals surface area contributed by atoms with E-state index < -0.39 is 9.84 Å². The third-order valence-corrected chi connectivity index (χ3v) is 5.81. The Bertz CT molecular complexity index is 602. The van der Waals surface area contributed by atoms with Gasteiger partial charge in [0.2, 0.25) is 0 Å². The predicted octanol–water partition coefficient (Wildman–Crippen LogP) is 1.07. The van der Waals surface area contributed by atoms with Crippen molar-refractivity contribution >= 4 is 27.2 Å². The molecule has 122 valence electrons. The summed E-state index contributed by atoms with van der Waals surface area (Å²) in [5.74, 6) is 0.417. The van der Waals surface area contributed by atoms with Crippen LogP contribution in [0.1, 0.15) is 12.0 Å². The number of sulfone groups is 1. The van der Waals surface area contributed by atoms with Crippen molar-refractivity contribution in [2.45, 2.75) is 18.9 Å². The number of nitrogens with one attached hydrogen (secondary N) is 1. The van der Waals surface area contributed by atoms with Gasteiger partial charge in [0.15, 0.2) is 14.9 Å². The first kappa shape index (κ1) is 17.2. The summed E-state index contributed by atoms with van der Waals surface area (Å²) in [6, 6.07) is 10.1. The van der Waals surface area contributed by atoms with Crippen LogP contribution in [0.15, 0.2) is 30.3 Å². The number of rotatable bonds is 5. The summed E-state index contributed by atoms with van der Waals surface area (Å²) in [5.41, 5.74) is 1.25. The molecule has 1 fully saturated rings. The largest absolute Gasteiger partial charge is 0.361 e. The van der Waals surface area contributed by atoms with Gasteiger partial charge in [0, 0.05) is 20.6 Å². The molecule has 1 heterocycles. The lowest BCUT2D eigenvalue weighted by atomic mass is 10.1. The number of benzene rings is 1. The second kappa shape index (κ2) is 7.39. The van der Waals surface area contributed by atoms with E-state index in [1.165, 1.54) is 5.56 Å². The van der Waals surface area contributed by atoms with Crippen LogP contribution >= 0.6 is 12.2 Å². The Morgan fingerprint density at radius 1 is 1.32 bits per heavy atom. The van der Waals surface area contributed by atoms with Gasteiger partial charge in [0.05, 0.1) is 17.5 Å². The average molecular weight is 342 g/mol. The minimum Gasteiger partial charge on any atom is -0.361 e. The van der Waals surface area contributed by atoms with Crippen molar-refractivity contribution in [1.29, 1.82) is 0 Å². The third kappa shape index (κ3) is 4.66. The van der Waals surface area contributed by atoms with Gasteiger partial charge in [0.1, 0.15) is 0 Å². The highest BCUT2D eigenvalue weighted by Gasteiger charge is 2.34. The van der Waals surface area contributed by atoms with E-state index >= 15 is 0 Å². The molecule has 0 spiro atoms. The lowest BCUT2D eigenvalue weighted by Crippen LogP contribution is -2.53. The van der Waals surface area contributed by atoms with Crippen LogP contribution in [0.2, 0.25) is 0 Å². The molecule has 0 radical (unpaired) electrons. The molecule has 5 nitrogen and oxygen atoms in total. The zero-order valence-corrected chi connectivity index (χ0v) is 14.7. The van der Waals surface area contributed by atoms with Crippen molar-refractivity contribution in [3.05, 3.63) is 35.9 Å². The molecule has 1 aromatic rings.